The first-order chi connectivity index (χ1) is 13.7. The van der Waals surface area contributed by atoms with Gasteiger partial charge in [0, 0.05) is 0 Å². The molecule has 9 heteroatoms. The smallest absolute Gasteiger partial charge is 0.330 e. The predicted octanol–water partition coefficient (Wildman–Crippen LogP) is 3.08. The Hall–Kier alpha value is -2.94. The fourth-order valence-corrected chi connectivity index (χ4v) is 4.32. The monoisotopic (exact) mass is 420 g/mol. The molecule has 0 saturated heterocycles. The van der Waals surface area contributed by atoms with Crippen LogP contribution in [0, 0.1) is 5.92 Å². The normalized spacial score (nSPS) is 16.3. The van der Waals surface area contributed by atoms with E-state index in [1.165, 1.54) is 6.07 Å². The second-order valence-corrected chi connectivity index (χ2v) is 8.53. The Bertz CT molecular complexity index is 1060. The molecule has 1 heterocycles. The van der Waals surface area contributed by atoms with Crippen LogP contribution in [0.2, 0.25) is 0 Å². The highest BCUT2D eigenvalue weighted by Crippen LogP contribution is 2.36. The van der Waals surface area contributed by atoms with Crippen molar-refractivity contribution in [2.24, 2.45) is 5.92 Å². The number of phenols is 1. The fraction of sp³-hybridized carbons (Fsp3) is 0.350. The number of aliphatic hydroxyl groups excluding tert-OH is 1. The molecule has 0 spiro atoms. The Kier molecular flexibility index (Phi) is 5.88. The minimum atomic E-state index is -3.99. The zero-order chi connectivity index (χ0) is 21.2. The summed E-state index contributed by atoms with van der Waals surface area (Å²) in [5, 5.41) is 21.3. The number of anilines is 1. The molecule has 3 rings (SSSR count). The molecule has 1 aliphatic rings. The Morgan fingerprint density at radius 3 is 2.62 bits per heavy atom. The summed E-state index contributed by atoms with van der Waals surface area (Å²) < 4.78 is 31.9. The number of carbonyl (C=O) groups is 1. The van der Waals surface area contributed by atoms with Crippen LogP contribution in [0.3, 0.4) is 0 Å². The third kappa shape index (κ3) is 4.56. The van der Waals surface area contributed by atoms with E-state index in [4.69, 9.17) is 4.74 Å². The Morgan fingerprint density at radius 2 is 1.97 bits per heavy atom. The van der Waals surface area contributed by atoms with Gasteiger partial charge in [-0.05, 0) is 54.7 Å². The van der Waals surface area contributed by atoms with Crippen LogP contribution in [0.5, 0.6) is 5.75 Å². The van der Waals surface area contributed by atoms with Crippen LogP contribution in [-0.4, -0.2) is 31.2 Å². The van der Waals surface area contributed by atoms with Crippen molar-refractivity contribution in [1.29, 1.82) is 0 Å². The van der Waals surface area contributed by atoms with Gasteiger partial charge >= 0.3 is 16.2 Å². The lowest BCUT2D eigenvalue weighted by Gasteiger charge is -2.16. The van der Waals surface area contributed by atoms with Gasteiger partial charge in [-0.3, -0.25) is 4.79 Å². The molecule has 1 unspecified atom stereocenters. The van der Waals surface area contributed by atoms with Gasteiger partial charge < -0.3 is 14.9 Å². The average Bonchev–Trinajstić information content (AvgIpc) is 2.93. The SMILES string of the molecule is CCOC(=O)C(C)CCCc1ccc2cc(O)c(N3C=C(O)NS3(=O)=O)cc2c1. The molecule has 1 aliphatic heterocycles. The Labute approximate surface area is 169 Å². The van der Waals surface area contributed by atoms with E-state index in [1.807, 2.05) is 29.8 Å². The molecule has 3 N–H and O–H groups in total. The lowest BCUT2D eigenvalue weighted by molar-refractivity contribution is -0.147. The number of aryl methyl sites for hydroxylation is 1. The van der Waals surface area contributed by atoms with E-state index in [0.29, 0.717) is 13.0 Å². The lowest BCUT2D eigenvalue weighted by atomic mass is 9.99. The van der Waals surface area contributed by atoms with Crippen LogP contribution in [0.4, 0.5) is 5.69 Å². The van der Waals surface area contributed by atoms with Gasteiger partial charge in [-0.2, -0.15) is 8.42 Å². The second kappa shape index (κ2) is 8.20. The molecule has 0 saturated carbocycles. The molecular weight excluding hydrogens is 396 g/mol. The Morgan fingerprint density at radius 1 is 1.21 bits per heavy atom. The van der Waals surface area contributed by atoms with Crippen molar-refractivity contribution in [3.8, 4) is 5.75 Å². The van der Waals surface area contributed by atoms with Gasteiger partial charge in [0.2, 0.25) is 5.88 Å². The van der Waals surface area contributed by atoms with E-state index in [1.54, 1.807) is 13.0 Å². The Balaban J connectivity index is 1.79. The quantitative estimate of drug-likeness (QED) is 0.593. The molecule has 0 bridgehead atoms. The molecule has 156 valence electrons. The molecule has 0 aliphatic carbocycles. The van der Waals surface area contributed by atoms with Crippen LogP contribution in [0.1, 0.15) is 32.3 Å². The molecule has 0 radical (unpaired) electrons. The van der Waals surface area contributed by atoms with Gasteiger partial charge in [0.15, 0.2) is 0 Å². The summed E-state index contributed by atoms with van der Waals surface area (Å²) in [5.41, 5.74) is 1.08. The molecule has 2 aromatic carbocycles. The van der Waals surface area contributed by atoms with Crippen molar-refractivity contribution in [3.63, 3.8) is 0 Å². The van der Waals surface area contributed by atoms with Crippen molar-refractivity contribution in [3.05, 3.63) is 48.0 Å². The molecule has 8 nitrogen and oxygen atoms in total. The minimum absolute atomic E-state index is 0.0436. The fourth-order valence-electron chi connectivity index (χ4n) is 3.26. The highest BCUT2D eigenvalue weighted by molar-refractivity contribution is 7.91. The van der Waals surface area contributed by atoms with Crippen molar-refractivity contribution < 1.29 is 28.2 Å². The van der Waals surface area contributed by atoms with Gasteiger partial charge in [0.1, 0.15) is 11.4 Å². The molecular formula is C20H24N2O6S. The highest BCUT2D eigenvalue weighted by atomic mass is 32.2. The zero-order valence-electron chi connectivity index (χ0n) is 16.3. The maximum absolute atomic E-state index is 12.1. The summed E-state index contributed by atoms with van der Waals surface area (Å²) in [6.07, 6.45) is 3.26. The average molecular weight is 420 g/mol. The summed E-state index contributed by atoms with van der Waals surface area (Å²) in [7, 11) is -3.99. The number of fused-ring (bicyclic) bond motifs is 1. The van der Waals surface area contributed by atoms with E-state index in [9.17, 15) is 23.4 Å². The van der Waals surface area contributed by atoms with Crippen LogP contribution in [0.15, 0.2) is 42.4 Å². The van der Waals surface area contributed by atoms with E-state index >= 15 is 0 Å². The van der Waals surface area contributed by atoms with Crippen molar-refractivity contribution in [2.75, 3.05) is 10.9 Å². The topological polar surface area (TPSA) is 116 Å². The van der Waals surface area contributed by atoms with E-state index in [0.717, 1.165) is 39.7 Å². The summed E-state index contributed by atoms with van der Waals surface area (Å²) in [6, 6.07) is 8.76. The number of aliphatic hydroxyl groups is 1. The van der Waals surface area contributed by atoms with Crippen molar-refractivity contribution >= 4 is 32.6 Å². The van der Waals surface area contributed by atoms with Crippen LogP contribution in [-0.2, 0) is 26.2 Å². The largest absolute Gasteiger partial charge is 0.506 e. The maximum atomic E-state index is 12.1. The van der Waals surface area contributed by atoms with Gasteiger partial charge in [0.25, 0.3) is 0 Å². The van der Waals surface area contributed by atoms with Crippen molar-refractivity contribution in [1.82, 2.24) is 4.72 Å². The molecule has 0 amide bonds. The number of nitrogens with one attached hydrogen (secondary N) is 1. The predicted molar refractivity (Wildman–Crippen MR) is 110 cm³/mol. The van der Waals surface area contributed by atoms with Crippen LogP contribution < -0.4 is 9.03 Å². The number of hydrogen-bond donors (Lipinski definition) is 3. The number of ether oxygens (including phenoxy) is 1. The number of rotatable bonds is 7. The number of benzene rings is 2. The van der Waals surface area contributed by atoms with Gasteiger partial charge in [-0.25, -0.2) is 9.03 Å². The number of aromatic hydroxyl groups is 1. The molecule has 0 aromatic heterocycles. The second-order valence-electron chi connectivity index (χ2n) is 6.99. The number of nitrogens with zero attached hydrogens (tertiary/aromatic N) is 1. The lowest BCUT2D eigenvalue weighted by Crippen LogP contribution is -2.29. The number of hydrogen-bond acceptors (Lipinski definition) is 6. The van der Waals surface area contributed by atoms with E-state index in [2.05, 4.69) is 0 Å². The number of esters is 1. The first-order valence-corrected chi connectivity index (χ1v) is 10.8. The first-order valence-electron chi connectivity index (χ1n) is 9.36. The zero-order valence-corrected chi connectivity index (χ0v) is 17.1. The van der Waals surface area contributed by atoms with Gasteiger partial charge in [-0.15, -0.1) is 0 Å². The molecule has 29 heavy (non-hydrogen) atoms. The summed E-state index contributed by atoms with van der Waals surface area (Å²) in [5.74, 6) is -1.09. The minimum Gasteiger partial charge on any atom is -0.506 e. The summed E-state index contributed by atoms with van der Waals surface area (Å²) >= 11 is 0. The highest BCUT2D eigenvalue weighted by Gasteiger charge is 2.30. The standard InChI is InChI=1S/C20H24N2O6S/c1-3-28-20(25)13(2)5-4-6-14-7-8-15-11-18(23)17(10-16(15)9-14)22-12-19(24)21-29(22,26)27/h7-13,21,23-24H,3-6H2,1-2H3. The van der Waals surface area contributed by atoms with Gasteiger partial charge in [-0.1, -0.05) is 25.1 Å². The summed E-state index contributed by atoms with van der Waals surface area (Å²) in [6.45, 7) is 4.01. The van der Waals surface area contributed by atoms with Crippen LogP contribution >= 0.6 is 0 Å². The third-order valence-electron chi connectivity index (χ3n) is 4.76. The molecule has 2 aromatic rings. The van der Waals surface area contributed by atoms with E-state index in [-0.39, 0.29) is 23.3 Å². The van der Waals surface area contributed by atoms with Gasteiger partial charge in [0.05, 0.1) is 18.7 Å². The van der Waals surface area contributed by atoms with Crippen molar-refractivity contribution in [2.45, 2.75) is 33.1 Å². The number of phenolic OH excluding ortho intramolecular Hbond substituents is 1. The molecule has 0 fully saturated rings. The molecule has 1 atom stereocenters. The van der Waals surface area contributed by atoms with E-state index < -0.39 is 16.1 Å². The number of carbonyl (C=O) groups excluding carboxylic acids is 1. The maximum Gasteiger partial charge on any atom is 0.330 e. The first kappa shape index (κ1) is 20.8. The third-order valence-corrected chi connectivity index (χ3v) is 6.05. The summed E-state index contributed by atoms with van der Waals surface area (Å²) in [4.78, 5) is 11.7. The van der Waals surface area contributed by atoms with Crippen LogP contribution in [0.25, 0.3) is 10.8 Å².